The largest absolute Gasteiger partial charge is 0.491 e. The molecule has 0 bridgehead atoms. The van der Waals surface area contributed by atoms with Gasteiger partial charge in [-0.2, -0.15) is 5.10 Å². The number of carbonyl (C=O) groups excluding carboxylic acids is 1. The second kappa shape index (κ2) is 8.71. The van der Waals surface area contributed by atoms with Gasteiger partial charge in [0.2, 0.25) is 0 Å². The highest BCUT2D eigenvalue weighted by atomic mass is 16.5. The molecule has 1 aromatic heterocycles. The van der Waals surface area contributed by atoms with E-state index in [4.69, 9.17) is 14.2 Å². The Labute approximate surface area is 163 Å². The molecule has 1 saturated heterocycles. The van der Waals surface area contributed by atoms with Crippen LogP contribution < -0.4 is 4.74 Å². The quantitative estimate of drug-likeness (QED) is 0.586. The minimum Gasteiger partial charge on any atom is -0.491 e. The van der Waals surface area contributed by atoms with Gasteiger partial charge in [0.05, 0.1) is 17.4 Å². The van der Waals surface area contributed by atoms with Crippen molar-refractivity contribution in [2.45, 2.75) is 25.6 Å². The monoisotopic (exact) mass is 378 g/mol. The predicted molar refractivity (Wildman–Crippen MR) is 104 cm³/mol. The molecule has 0 amide bonds. The Balaban J connectivity index is 1.27. The van der Waals surface area contributed by atoms with Crippen LogP contribution in [-0.4, -0.2) is 35.1 Å². The number of hydrogen-bond acceptors (Lipinski definition) is 5. The second-order valence-electron chi connectivity index (χ2n) is 6.66. The molecule has 1 aliphatic heterocycles. The van der Waals surface area contributed by atoms with Gasteiger partial charge >= 0.3 is 5.97 Å². The first kappa shape index (κ1) is 18.3. The third kappa shape index (κ3) is 4.58. The maximum absolute atomic E-state index is 12.3. The summed E-state index contributed by atoms with van der Waals surface area (Å²) in [5, 5.41) is 4.19. The van der Waals surface area contributed by atoms with E-state index in [1.165, 1.54) is 0 Å². The Morgan fingerprint density at radius 2 is 1.96 bits per heavy atom. The van der Waals surface area contributed by atoms with Crippen molar-refractivity contribution < 1.29 is 19.0 Å². The van der Waals surface area contributed by atoms with Gasteiger partial charge in [0.1, 0.15) is 19.0 Å². The normalized spacial score (nSPS) is 16.1. The lowest BCUT2D eigenvalue weighted by molar-refractivity contribution is 0.0472. The number of hydrogen-bond donors (Lipinski definition) is 0. The summed E-state index contributed by atoms with van der Waals surface area (Å²) >= 11 is 0. The lowest BCUT2D eigenvalue weighted by Crippen LogP contribution is -2.16. The second-order valence-corrected chi connectivity index (χ2v) is 6.66. The molecule has 1 aliphatic rings. The summed E-state index contributed by atoms with van der Waals surface area (Å²) in [6.07, 6.45) is 5.90. The molecule has 1 fully saturated rings. The molecule has 2 aromatic carbocycles. The highest BCUT2D eigenvalue weighted by Crippen LogP contribution is 2.17. The van der Waals surface area contributed by atoms with Crippen LogP contribution in [0.2, 0.25) is 0 Å². The molecule has 4 rings (SSSR count). The number of ether oxygens (including phenoxy) is 3. The van der Waals surface area contributed by atoms with Crippen LogP contribution in [0.15, 0.2) is 67.0 Å². The summed E-state index contributed by atoms with van der Waals surface area (Å²) in [7, 11) is 0. The van der Waals surface area contributed by atoms with Crippen LogP contribution >= 0.6 is 0 Å². The average molecular weight is 378 g/mol. The van der Waals surface area contributed by atoms with Crippen LogP contribution in [0.1, 0.15) is 28.8 Å². The number of carbonyl (C=O) groups is 1. The van der Waals surface area contributed by atoms with E-state index >= 15 is 0 Å². The van der Waals surface area contributed by atoms with Crippen LogP contribution in [0.25, 0.3) is 5.69 Å². The molecule has 3 aromatic rings. The third-order valence-electron chi connectivity index (χ3n) is 4.63. The molecule has 0 aliphatic carbocycles. The molecule has 0 N–H and O–H groups in total. The zero-order chi connectivity index (χ0) is 19.2. The fourth-order valence-electron chi connectivity index (χ4n) is 3.05. The molecule has 28 heavy (non-hydrogen) atoms. The van der Waals surface area contributed by atoms with Crippen molar-refractivity contribution in [1.82, 2.24) is 9.78 Å². The minimum absolute atomic E-state index is 0.171. The number of benzene rings is 2. The van der Waals surface area contributed by atoms with Crippen LogP contribution in [0.4, 0.5) is 0 Å². The van der Waals surface area contributed by atoms with Crippen molar-refractivity contribution in [3.63, 3.8) is 0 Å². The lowest BCUT2D eigenvalue weighted by Gasteiger charge is -2.11. The maximum Gasteiger partial charge on any atom is 0.338 e. The topological polar surface area (TPSA) is 62.6 Å². The van der Waals surface area contributed by atoms with E-state index in [0.29, 0.717) is 12.2 Å². The zero-order valence-corrected chi connectivity index (χ0v) is 15.5. The van der Waals surface area contributed by atoms with Gasteiger partial charge in [-0.1, -0.05) is 12.1 Å². The van der Waals surface area contributed by atoms with Crippen LogP contribution in [0.3, 0.4) is 0 Å². The Morgan fingerprint density at radius 1 is 1.14 bits per heavy atom. The van der Waals surface area contributed by atoms with Gasteiger partial charge in [-0.05, 0) is 60.9 Å². The summed E-state index contributed by atoms with van der Waals surface area (Å²) in [6, 6.07) is 16.6. The Kier molecular flexibility index (Phi) is 5.68. The highest BCUT2D eigenvalue weighted by molar-refractivity contribution is 5.89. The van der Waals surface area contributed by atoms with Crippen molar-refractivity contribution in [3.05, 3.63) is 78.1 Å². The standard InChI is InChI=1S/C22H22N2O4/c25-22(18-6-10-20(11-7-18)27-16-21-3-1-14-26-21)28-15-17-4-8-19(9-5-17)24-13-2-12-23-24/h2,4-13,21H,1,3,14-16H2. The smallest absolute Gasteiger partial charge is 0.338 e. The van der Waals surface area contributed by atoms with Gasteiger partial charge in [-0.25, -0.2) is 9.48 Å². The minimum atomic E-state index is -0.359. The van der Waals surface area contributed by atoms with Crippen molar-refractivity contribution in [2.24, 2.45) is 0 Å². The molecule has 0 saturated carbocycles. The van der Waals surface area contributed by atoms with Crippen molar-refractivity contribution >= 4 is 5.97 Å². The number of nitrogens with zero attached hydrogens (tertiary/aromatic N) is 2. The van der Waals surface area contributed by atoms with E-state index in [2.05, 4.69) is 5.10 Å². The van der Waals surface area contributed by atoms with Crippen LogP contribution in [0, 0.1) is 0 Å². The Hall–Kier alpha value is -3.12. The van der Waals surface area contributed by atoms with Gasteiger partial charge in [-0.15, -0.1) is 0 Å². The number of rotatable bonds is 7. The fraction of sp³-hybridized carbons (Fsp3) is 0.273. The zero-order valence-electron chi connectivity index (χ0n) is 15.5. The summed E-state index contributed by atoms with van der Waals surface area (Å²) < 4.78 is 18.4. The third-order valence-corrected chi connectivity index (χ3v) is 4.63. The van der Waals surface area contributed by atoms with Gasteiger partial charge in [0.15, 0.2) is 0 Å². The molecule has 0 radical (unpaired) electrons. The predicted octanol–water partition coefficient (Wildman–Crippen LogP) is 3.79. The van der Waals surface area contributed by atoms with E-state index in [0.717, 1.165) is 36.4 Å². The first-order chi connectivity index (χ1) is 13.8. The van der Waals surface area contributed by atoms with E-state index in [1.807, 2.05) is 36.5 Å². The summed E-state index contributed by atoms with van der Waals surface area (Å²) in [6.45, 7) is 1.57. The molecule has 6 heteroatoms. The lowest BCUT2D eigenvalue weighted by atomic mass is 10.2. The summed E-state index contributed by atoms with van der Waals surface area (Å²) in [5.74, 6) is 0.364. The van der Waals surface area contributed by atoms with E-state index < -0.39 is 0 Å². The molecule has 1 unspecified atom stereocenters. The average Bonchev–Trinajstić information content (AvgIpc) is 3.45. The molecule has 6 nitrogen and oxygen atoms in total. The van der Waals surface area contributed by atoms with Crippen molar-refractivity contribution in [2.75, 3.05) is 13.2 Å². The van der Waals surface area contributed by atoms with Gasteiger partial charge in [0, 0.05) is 19.0 Å². The highest BCUT2D eigenvalue weighted by Gasteiger charge is 2.16. The number of esters is 1. The summed E-state index contributed by atoms with van der Waals surface area (Å²) in [5.41, 5.74) is 2.37. The molecule has 144 valence electrons. The Bertz CT molecular complexity index is 883. The van der Waals surface area contributed by atoms with Gasteiger partial charge in [-0.3, -0.25) is 0 Å². The molecule has 0 spiro atoms. The summed E-state index contributed by atoms with van der Waals surface area (Å²) in [4.78, 5) is 12.3. The first-order valence-electron chi connectivity index (χ1n) is 9.38. The van der Waals surface area contributed by atoms with Crippen molar-refractivity contribution in [1.29, 1.82) is 0 Å². The maximum atomic E-state index is 12.3. The Morgan fingerprint density at radius 3 is 2.64 bits per heavy atom. The molecule has 2 heterocycles. The SMILES string of the molecule is O=C(OCc1ccc(-n2cccn2)cc1)c1ccc(OCC2CCCO2)cc1. The fourth-order valence-corrected chi connectivity index (χ4v) is 3.05. The molecular weight excluding hydrogens is 356 g/mol. The molecule has 1 atom stereocenters. The van der Waals surface area contributed by atoms with Crippen LogP contribution in [0.5, 0.6) is 5.75 Å². The van der Waals surface area contributed by atoms with E-state index in [1.54, 1.807) is 35.1 Å². The van der Waals surface area contributed by atoms with E-state index in [9.17, 15) is 4.79 Å². The van der Waals surface area contributed by atoms with Gasteiger partial charge in [0.25, 0.3) is 0 Å². The van der Waals surface area contributed by atoms with E-state index in [-0.39, 0.29) is 18.7 Å². The van der Waals surface area contributed by atoms with Crippen molar-refractivity contribution in [3.8, 4) is 11.4 Å². The molecular formula is C22H22N2O4. The number of aromatic nitrogens is 2. The van der Waals surface area contributed by atoms with Gasteiger partial charge < -0.3 is 14.2 Å². The first-order valence-corrected chi connectivity index (χ1v) is 9.38. The van der Waals surface area contributed by atoms with Crippen LogP contribution in [-0.2, 0) is 16.1 Å².